The first-order valence-electron chi connectivity index (χ1n) is 5.46. The Morgan fingerprint density at radius 3 is 2.75 bits per heavy atom. The van der Waals surface area contributed by atoms with Crippen molar-refractivity contribution in [3.63, 3.8) is 0 Å². The van der Waals surface area contributed by atoms with E-state index in [1.807, 2.05) is 12.1 Å². The second-order valence-corrected chi connectivity index (χ2v) is 4.98. The van der Waals surface area contributed by atoms with E-state index in [2.05, 4.69) is 21.2 Å². The highest BCUT2D eigenvalue weighted by Gasteiger charge is 2.18. The molecule has 0 spiro atoms. The van der Waals surface area contributed by atoms with Crippen molar-refractivity contribution >= 4 is 15.9 Å². The van der Waals surface area contributed by atoms with Crippen LogP contribution in [0, 0.1) is 0 Å². The Morgan fingerprint density at radius 2 is 2.19 bits per heavy atom. The highest BCUT2D eigenvalue weighted by atomic mass is 79.9. The van der Waals surface area contributed by atoms with E-state index in [1.165, 1.54) is 6.07 Å². The molecule has 0 radical (unpaired) electrons. The van der Waals surface area contributed by atoms with E-state index in [0.717, 1.165) is 31.5 Å². The molecule has 1 atom stereocenters. The van der Waals surface area contributed by atoms with Crippen molar-refractivity contribution in [3.8, 4) is 0 Å². The number of piperidine rings is 1. The maximum absolute atomic E-state index is 12.6. The summed E-state index contributed by atoms with van der Waals surface area (Å²) >= 11 is 3.21. The number of nitrogens with one attached hydrogen (secondary N) is 1. The van der Waals surface area contributed by atoms with E-state index in [-0.39, 0.29) is 5.56 Å². The summed E-state index contributed by atoms with van der Waals surface area (Å²) in [6.07, 6.45) is -0.125. The van der Waals surface area contributed by atoms with Gasteiger partial charge in [0.25, 0.3) is 6.43 Å². The zero-order valence-electron chi connectivity index (χ0n) is 8.85. The topological polar surface area (TPSA) is 12.0 Å². The summed E-state index contributed by atoms with van der Waals surface area (Å²) in [4.78, 5) is 0. The fourth-order valence-electron chi connectivity index (χ4n) is 2.11. The monoisotopic (exact) mass is 289 g/mol. The predicted molar refractivity (Wildman–Crippen MR) is 63.9 cm³/mol. The highest BCUT2D eigenvalue weighted by Crippen LogP contribution is 2.32. The van der Waals surface area contributed by atoms with E-state index in [9.17, 15) is 8.78 Å². The van der Waals surface area contributed by atoms with Gasteiger partial charge < -0.3 is 5.32 Å². The van der Waals surface area contributed by atoms with Gasteiger partial charge in [-0.05, 0) is 36.9 Å². The van der Waals surface area contributed by atoms with Crippen molar-refractivity contribution < 1.29 is 8.78 Å². The van der Waals surface area contributed by atoms with Gasteiger partial charge in [0.1, 0.15) is 0 Å². The molecule has 2 rings (SSSR count). The quantitative estimate of drug-likeness (QED) is 0.872. The van der Waals surface area contributed by atoms with Crippen molar-refractivity contribution in [2.75, 3.05) is 13.1 Å². The molecule has 4 heteroatoms. The van der Waals surface area contributed by atoms with Crippen LogP contribution in [0.1, 0.15) is 36.3 Å². The van der Waals surface area contributed by atoms with Gasteiger partial charge in [-0.25, -0.2) is 8.78 Å². The third-order valence-electron chi connectivity index (χ3n) is 3.03. The average Bonchev–Trinajstić information content (AvgIpc) is 2.29. The molecule has 1 heterocycles. The zero-order chi connectivity index (χ0) is 11.5. The smallest absolute Gasteiger partial charge is 0.264 e. The normalized spacial score (nSPS) is 21.4. The number of benzene rings is 1. The van der Waals surface area contributed by atoms with Gasteiger partial charge in [-0.15, -0.1) is 0 Å². The first-order valence-corrected chi connectivity index (χ1v) is 6.26. The lowest BCUT2D eigenvalue weighted by Crippen LogP contribution is -2.28. The molecule has 1 N–H and O–H groups in total. The third kappa shape index (κ3) is 2.61. The summed E-state index contributed by atoms with van der Waals surface area (Å²) in [5.74, 6) is 0.455. The van der Waals surface area contributed by atoms with Gasteiger partial charge in [-0.1, -0.05) is 28.1 Å². The van der Waals surface area contributed by atoms with Crippen molar-refractivity contribution in [1.82, 2.24) is 5.32 Å². The van der Waals surface area contributed by atoms with Crippen LogP contribution in [0.15, 0.2) is 22.7 Å². The number of hydrogen-bond donors (Lipinski definition) is 1. The number of halogens is 3. The number of rotatable bonds is 2. The molecule has 0 amide bonds. The van der Waals surface area contributed by atoms with Gasteiger partial charge in [0.05, 0.1) is 0 Å². The van der Waals surface area contributed by atoms with Crippen molar-refractivity contribution in [1.29, 1.82) is 0 Å². The van der Waals surface area contributed by atoms with Crippen LogP contribution < -0.4 is 5.32 Å². The van der Waals surface area contributed by atoms with Crippen molar-refractivity contribution in [2.24, 2.45) is 0 Å². The molecule has 0 bridgehead atoms. The Morgan fingerprint density at radius 1 is 1.38 bits per heavy atom. The zero-order valence-corrected chi connectivity index (χ0v) is 10.4. The molecule has 1 fully saturated rings. The van der Waals surface area contributed by atoms with Crippen LogP contribution in [0.25, 0.3) is 0 Å². The third-order valence-corrected chi connectivity index (χ3v) is 3.71. The van der Waals surface area contributed by atoms with Crippen LogP contribution >= 0.6 is 15.9 Å². The molecule has 1 aromatic rings. The van der Waals surface area contributed by atoms with Crippen LogP contribution in [-0.4, -0.2) is 13.1 Å². The molecule has 1 nitrogen and oxygen atoms in total. The molecular weight excluding hydrogens is 276 g/mol. The van der Waals surface area contributed by atoms with E-state index >= 15 is 0 Å². The molecule has 0 aliphatic carbocycles. The second kappa shape index (κ2) is 5.23. The summed E-state index contributed by atoms with van der Waals surface area (Å²) in [6, 6.07) is 5.18. The predicted octanol–water partition coefficient (Wildman–Crippen LogP) is 3.85. The fourth-order valence-corrected chi connectivity index (χ4v) is 2.68. The minimum absolute atomic E-state index is 0.0764. The molecule has 88 valence electrons. The van der Waals surface area contributed by atoms with Crippen molar-refractivity contribution in [3.05, 3.63) is 33.8 Å². The number of alkyl halides is 2. The Labute approximate surface area is 102 Å². The molecule has 1 saturated heterocycles. The first kappa shape index (κ1) is 12.0. The Balaban J connectivity index is 2.19. The summed E-state index contributed by atoms with van der Waals surface area (Å²) in [5, 5.41) is 3.33. The Bertz CT molecular complexity index is 362. The lowest BCUT2D eigenvalue weighted by molar-refractivity contribution is 0.150. The van der Waals surface area contributed by atoms with Gasteiger partial charge in [0, 0.05) is 16.6 Å². The van der Waals surface area contributed by atoms with Gasteiger partial charge in [0.2, 0.25) is 0 Å². The molecule has 16 heavy (non-hydrogen) atoms. The largest absolute Gasteiger partial charge is 0.316 e. The fraction of sp³-hybridized carbons (Fsp3) is 0.500. The molecule has 1 aliphatic heterocycles. The summed E-state index contributed by atoms with van der Waals surface area (Å²) in [7, 11) is 0. The van der Waals surface area contributed by atoms with Crippen LogP contribution in [-0.2, 0) is 0 Å². The highest BCUT2D eigenvalue weighted by molar-refractivity contribution is 9.10. The summed E-state index contributed by atoms with van der Waals surface area (Å²) in [5.41, 5.74) is 1.22. The SMILES string of the molecule is FC(F)c1ccc(C2CCCNC2)cc1Br. The minimum atomic E-state index is -2.41. The summed E-state index contributed by atoms with van der Waals surface area (Å²) in [6.45, 7) is 2.01. The lowest BCUT2D eigenvalue weighted by atomic mass is 9.91. The molecule has 0 aromatic heterocycles. The van der Waals surface area contributed by atoms with Gasteiger partial charge >= 0.3 is 0 Å². The second-order valence-electron chi connectivity index (χ2n) is 4.12. The average molecular weight is 290 g/mol. The van der Waals surface area contributed by atoms with Gasteiger partial charge in [-0.3, -0.25) is 0 Å². The molecule has 1 aromatic carbocycles. The van der Waals surface area contributed by atoms with Crippen LogP contribution in [0.4, 0.5) is 8.78 Å². The van der Waals surface area contributed by atoms with Gasteiger partial charge in [0.15, 0.2) is 0 Å². The van der Waals surface area contributed by atoms with Gasteiger partial charge in [-0.2, -0.15) is 0 Å². The molecule has 0 saturated carbocycles. The summed E-state index contributed by atoms with van der Waals surface area (Å²) < 4.78 is 25.6. The van der Waals surface area contributed by atoms with E-state index < -0.39 is 6.43 Å². The Kier molecular flexibility index (Phi) is 3.92. The van der Waals surface area contributed by atoms with Crippen molar-refractivity contribution in [2.45, 2.75) is 25.2 Å². The van der Waals surface area contributed by atoms with Crippen LogP contribution in [0.3, 0.4) is 0 Å². The standard InChI is InChI=1S/C12H14BrF2N/c13-11-6-8(3-4-10(11)12(14)15)9-2-1-5-16-7-9/h3-4,6,9,12,16H,1-2,5,7H2. The molecule has 1 unspecified atom stereocenters. The molecule has 1 aliphatic rings. The minimum Gasteiger partial charge on any atom is -0.316 e. The van der Waals surface area contributed by atoms with Crippen LogP contribution in [0.5, 0.6) is 0 Å². The maximum Gasteiger partial charge on any atom is 0.264 e. The first-order chi connectivity index (χ1) is 7.68. The van der Waals surface area contributed by atoms with Crippen LogP contribution in [0.2, 0.25) is 0 Å². The van der Waals surface area contributed by atoms with E-state index in [4.69, 9.17) is 0 Å². The Hall–Kier alpha value is -0.480. The molecular formula is C12H14BrF2N. The lowest BCUT2D eigenvalue weighted by Gasteiger charge is -2.23. The number of hydrogen-bond acceptors (Lipinski definition) is 1. The maximum atomic E-state index is 12.6. The van der Waals surface area contributed by atoms with E-state index in [0.29, 0.717) is 10.4 Å². The van der Waals surface area contributed by atoms with E-state index in [1.54, 1.807) is 0 Å².